The molecule has 2 heterocycles. The number of hydrogen-bond donors (Lipinski definition) is 0. The number of fused-ring (bicyclic) bond motifs is 2. The second-order valence-corrected chi connectivity index (χ2v) is 4.62. The summed E-state index contributed by atoms with van der Waals surface area (Å²) in [5.41, 5.74) is 0.114. The summed E-state index contributed by atoms with van der Waals surface area (Å²) in [4.78, 5) is 0. The Morgan fingerprint density at radius 2 is 1.92 bits per heavy atom. The standard InChI is InChI=1S/C10H18O2/c1-8(2)10-5-4-9(3,12-10)6-7-11-10/h8H,4-7H2,1-3H3. The van der Waals surface area contributed by atoms with Gasteiger partial charge in [0.25, 0.3) is 0 Å². The Bertz CT molecular complexity index is 190. The van der Waals surface area contributed by atoms with Gasteiger partial charge in [0.15, 0.2) is 5.79 Å². The fraction of sp³-hybridized carbons (Fsp3) is 1.00. The first-order chi connectivity index (χ1) is 5.56. The van der Waals surface area contributed by atoms with Crippen LogP contribution in [0, 0.1) is 5.92 Å². The molecule has 0 radical (unpaired) electrons. The van der Waals surface area contributed by atoms with Crippen LogP contribution < -0.4 is 0 Å². The lowest BCUT2D eigenvalue weighted by Crippen LogP contribution is -2.45. The maximum Gasteiger partial charge on any atom is 0.171 e. The predicted octanol–water partition coefficient (Wildman–Crippen LogP) is 2.33. The van der Waals surface area contributed by atoms with Gasteiger partial charge in [-0.2, -0.15) is 0 Å². The van der Waals surface area contributed by atoms with E-state index in [0.29, 0.717) is 5.92 Å². The Balaban J connectivity index is 2.20. The largest absolute Gasteiger partial charge is 0.350 e. The fourth-order valence-electron chi connectivity index (χ4n) is 2.25. The minimum Gasteiger partial charge on any atom is -0.350 e. The minimum absolute atomic E-state index is 0.114. The van der Waals surface area contributed by atoms with Crippen LogP contribution in [0.15, 0.2) is 0 Å². The van der Waals surface area contributed by atoms with Crippen molar-refractivity contribution in [3.8, 4) is 0 Å². The number of ether oxygens (including phenoxy) is 2. The van der Waals surface area contributed by atoms with E-state index in [0.717, 1.165) is 25.9 Å². The lowest BCUT2D eigenvalue weighted by Gasteiger charge is -2.40. The molecule has 0 aromatic rings. The smallest absolute Gasteiger partial charge is 0.171 e. The molecule has 2 saturated heterocycles. The zero-order valence-corrected chi connectivity index (χ0v) is 8.22. The maximum absolute atomic E-state index is 6.01. The van der Waals surface area contributed by atoms with E-state index in [1.807, 2.05) is 0 Å². The second kappa shape index (κ2) is 2.46. The molecule has 2 bridgehead atoms. The van der Waals surface area contributed by atoms with Gasteiger partial charge in [0.05, 0.1) is 12.2 Å². The highest BCUT2D eigenvalue weighted by Gasteiger charge is 2.52. The monoisotopic (exact) mass is 170 g/mol. The molecular formula is C10H18O2. The Morgan fingerprint density at radius 1 is 1.17 bits per heavy atom. The van der Waals surface area contributed by atoms with Gasteiger partial charge in [-0.1, -0.05) is 13.8 Å². The van der Waals surface area contributed by atoms with E-state index < -0.39 is 0 Å². The third-order valence-electron chi connectivity index (χ3n) is 3.28. The minimum atomic E-state index is -0.243. The molecule has 0 spiro atoms. The van der Waals surface area contributed by atoms with Gasteiger partial charge in [-0.15, -0.1) is 0 Å². The predicted molar refractivity (Wildman–Crippen MR) is 46.9 cm³/mol. The molecule has 2 nitrogen and oxygen atoms in total. The topological polar surface area (TPSA) is 18.5 Å². The van der Waals surface area contributed by atoms with Gasteiger partial charge in [0.1, 0.15) is 0 Å². The summed E-state index contributed by atoms with van der Waals surface area (Å²) in [5, 5.41) is 0. The van der Waals surface area contributed by atoms with Crippen molar-refractivity contribution in [2.45, 2.75) is 51.4 Å². The molecule has 2 aliphatic heterocycles. The van der Waals surface area contributed by atoms with Crippen molar-refractivity contribution in [3.05, 3.63) is 0 Å². The molecule has 2 fully saturated rings. The van der Waals surface area contributed by atoms with Crippen molar-refractivity contribution in [1.82, 2.24) is 0 Å². The number of rotatable bonds is 1. The first kappa shape index (κ1) is 8.52. The molecule has 2 unspecified atom stereocenters. The van der Waals surface area contributed by atoms with Crippen LogP contribution in [-0.4, -0.2) is 18.0 Å². The van der Waals surface area contributed by atoms with Gasteiger partial charge in [-0.25, -0.2) is 0 Å². The SMILES string of the molecule is CC(C)C12CCC(C)(CCO1)O2. The third-order valence-corrected chi connectivity index (χ3v) is 3.28. The van der Waals surface area contributed by atoms with E-state index in [4.69, 9.17) is 9.47 Å². The Hall–Kier alpha value is -0.0800. The van der Waals surface area contributed by atoms with E-state index in [-0.39, 0.29) is 11.4 Å². The average Bonchev–Trinajstić information content (AvgIpc) is 2.24. The van der Waals surface area contributed by atoms with Gasteiger partial charge >= 0.3 is 0 Å². The lowest BCUT2D eigenvalue weighted by atomic mass is 9.97. The van der Waals surface area contributed by atoms with Crippen LogP contribution in [0.5, 0.6) is 0 Å². The highest BCUT2D eigenvalue weighted by atomic mass is 16.7. The van der Waals surface area contributed by atoms with Gasteiger partial charge in [-0.3, -0.25) is 0 Å². The molecule has 12 heavy (non-hydrogen) atoms. The van der Waals surface area contributed by atoms with Crippen LogP contribution in [0.4, 0.5) is 0 Å². The summed E-state index contributed by atoms with van der Waals surface area (Å²) < 4.78 is 11.8. The zero-order chi connectivity index (χ0) is 8.82. The Morgan fingerprint density at radius 3 is 2.50 bits per heavy atom. The van der Waals surface area contributed by atoms with Gasteiger partial charge in [0.2, 0.25) is 0 Å². The molecular weight excluding hydrogens is 152 g/mol. The van der Waals surface area contributed by atoms with Crippen LogP contribution in [0.25, 0.3) is 0 Å². The molecule has 0 N–H and O–H groups in total. The second-order valence-electron chi connectivity index (χ2n) is 4.62. The zero-order valence-electron chi connectivity index (χ0n) is 8.22. The van der Waals surface area contributed by atoms with E-state index >= 15 is 0 Å². The van der Waals surface area contributed by atoms with Crippen molar-refractivity contribution >= 4 is 0 Å². The normalized spacial score (nSPS) is 47.0. The summed E-state index contributed by atoms with van der Waals surface area (Å²) in [5.74, 6) is 0.229. The molecule has 0 aliphatic carbocycles. The van der Waals surface area contributed by atoms with Crippen LogP contribution in [0.3, 0.4) is 0 Å². The molecule has 0 aromatic carbocycles. The van der Waals surface area contributed by atoms with Gasteiger partial charge in [0, 0.05) is 12.3 Å². The van der Waals surface area contributed by atoms with Crippen LogP contribution >= 0.6 is 0 Å². The van der Waals surface area contributed by atoms with Crippen molar-refractivity contribution in [2.75, 3.05) is 6.61 Å². The Kier molecular flexibility index (Phi) is 1.74. The summed E-state index contributed by atoms with van der Waals surface area (Å²) in [6, 6.07) is 0. The highest BCUT2D eigenvalue weighted by Crippen LogP contribution is 2.47. The quantitative estimate of drug-likeness (QED) is 0.601. The van der Waals surface area contributed by atoms with Crippen molar-refractivity contribution in [1.29, 1.82) is 0 Å². The first-order valence-electron chi connectivity index (χ1n) is 4.91. The molecule has 2 rings (SSSR count). The summed E-state index contributed by atoms with van der Waals surface area (Å²) >= 11 is 0. The average molecular weight is 170 g/mol. The molecule has 70 valence electrons. The molecule has 0 aromatic heterocycles. The van der Waals surface area contributed by atoms with Gasteiger partial charge < -0.3 is 9.47 Å². The molecule has 0 amide bonds. The lowest BCUT2D eigenvalue weighted by molar-refractivity contribution is -0.304. The van der Waals surface area contributed by atoms with Crippen molar-refractivity contribution < 1.29 is 9.47 Å². The number of hydrogen-bond acceptors (Lipinski definition) is 2. The molecule has 2 atom stereocenters. The summed E-state index contributed by atoms with van der Waals surface area (Å²) in [6.07, 6.45) is 3.29. The first-order valence-corrected chi connectivity index (χ1v) is 4.91. The van der Waals surface area contributed by atoms with Crippen LogP contribution in [0.1, 0.15) is 40.0 Å². The Labute approximate surface area is 74.2 Å². The van der Waals surface area contributed by atoms with E-state index in [9.17, 15) is 0 Å². The van der Waals surface area contributed by atoms with Crippen molar-refractivity contribution in [3.63, 3.8) is 0 Å². The molecule has 2 heteroatoms. The fourth-order valence-corrected chi connectivity index (χ4v) is 2.25. The van der Waals surface area contributed by atoms with E-state index in [2.05, 4.69) is 20.8 Å². The maximum atomic E-state index is 6.01. The third kappa shape index (κ3) is 1.09. The van der Waals surface area contributed by atoms with Crippen LogP contribution in [0.2, 0.25) is 0 Å². The van der Waals surface area contributed by atoms with Gasteiger partial charge in [-0.05, 0) is 19.8 Å². The molecule has 2 aliphatic rings. The van der Waals surface area contributed by atoms with E-state index in [1.54, 1.807) is 0 Å². The summed E-state index contributed by atoms with van der Waals surface area (Å²) in [7, 11) is 0. The summed E-state index contributed by atoms with van der Waals surface area (Å²) in [6.45, 7) is 7.43. The molecule has 0 saturated carbocycles. The highest BCUT2D eigenvalue weighted by molar-refractivity contribution is 4.94. The van der Waals surface area contributed by atoms with E-state index in [1.165, 1.54) is 0 Å². The van der Waals surface area contributed by atoms with Crippen LogP contribution in [-0.2, 0) is 9.47 Å². The van der Waals surface area contributed by atoms with Crippen molar-refractivity contribution in [2.24, 2.45) is 5.92 Å².